The molecule has 1 aliphatic carbocycles. The summed E-state index contributed by atoms with van der Waals surface area (Å²) in [5, 5.41) is 0. The van der Waals surface area contributed by atoms with Crippen LogP contribution in [0.3, 0.4) is 0 Å². The Morgan fingerprint density at radius 3 is 2.69 bits per heavy atom. The van der Waals surface area contributed by atoms with Crippen LogP contribution in [0.25, 0.3) is 0 Å². The Morgan fingerprint density at radius 1 is 1.54 bits per heavy atom. The highest BCUT2D eigenvalue weighted by Crippen LogP contribution is 2.33. The molecule has 78 valence electrons. The molecular formula is C10H19BrO2. The van der Waals surface area contributed by atoms with E-state index in [9.17, 15) is 0 Å². The molecule has 0 aromatic carbocycles. The lowest BCUT2D eigenvalue weighted by Gasteiger charge is -2.41. The third-order valence-electron chi connectivity index (χ3n) is 2.55. The first-order valence-electron chi connectivity index (χ1n) is 5.01. The van der Waals surface area contributed by atoms with E-state index >= 15 is 0 Å². The molecule has 1 saturated carbocycles. The highest BCUT2D eigenvalue weighted by atomic mass is 79.9. The molecule has 3 heteroatoms. The molecule has 0 N–H and O–H groups in total. The zero-order valence-electron chi connectivity index (χ0n) is 8.63. The van der Waals surface area contributed by atoms with Crippen LogP contribution >= 0.6 is 15.9 Å². The Bertz CT molecular complexity index is 152. The van der Waals surface area contributed by atoms with E-state index in [0.29, 0.717) is 17.0 Å². The quantitative estimate of drug-likeness (QED) is 0.699. The maximum Gasteiger partial charge on any atom is 0.0958 e. The van der Waals surface area contributed by atoms with Crippen LogP contribution in [0.5, 0.6) is 0 Å². The Labute approximate surface area is 89.1 Å². The average Bonchev–Trinajstić information content (AvgIpc) is 2.04. The van der Waals surface area contributed by atoms with Gasteiger partial charge in [-0.3, -0.25) is 0 Å². The predicted octanol–water partition coefficient (Wildman–Crippen LogP) is 2.74. The summed E-state index contributed by atoms with van der Waals surface area (Å²) in [5.74, 6) is 0. The number of methoxy groups -OCH3 is 1. The van der Waals surface area contributed by atoms with Gasteiger partial charge in [0, 0.05) is 11.9 Å². The molecular weight excluding hydrogens is 232 g/mol. The van der Waals surface area contributed by atoms with Gasteiger partial charge in [0.1, 0.15) is 0 Å². The number of ether oxygens (including phenoxy) is 2. The van der Waals surface area contributed by atoms with Gasteiger partial charge in [-0.2, -0.15) is 0 Å². The van der Waals surface area contributed by atoms with Gasteiger partial charge >= 0.3 is 0 Å². The van der Waals surface area contributed by atoms with Gasteiger partial charge in [0.05, 0.1) is 18.3 Å². The maximum absolute atomic E-state index is 5.85. The van der Waals surface area contributed by atoms with E-state index in [2.05, 4.69) is 29.8 Å². The van der Waals surface area contributed by atoms with Gasteiger partial charge < -0.3 is 9.47 Å². The fourth-order valence-corrected chi connectivity index (χ4v) is 2.66. The van der Waals surface area contributed by atoms with E-state index in [4.69, 9.17) is 9.47 Å². The number of alkyl halides is 1. The zero-order valence-corrected chi connectivity index (χ0v) is 10.2. The Hall–Kier alpha value is 0.400. The minimum atomic E-state index is 0.249. The third-order valence-corrected chi connectivity index (χ3v) is 3.45. The lowest BCUT2D eigenvalue weighted by Crippen LogP contribution is -2.51. The largest absolute Gasteiger partial charge is 0.378 e. The topological polar surface area (TPSA) is 18.5 Å². The molecule has 0 bridgehead atoms. The molecule has 0 aromatic rings. The van der Waals surface area contributed by atoms with Crippen LogP contribution < -0.4 is 0 Å². The predicted molar refractivity (Wildman–Crippen MR) is 57.4 cm³/mol. The molecule has 4 unspecified atom stereocenters. The number of halogens is 1. The molecule has 4 atom stereocenters. The number of hydrogen-bond donors (Lipinski definition) is 0. The standard InChI is InChI=1S/C10H19BrO2/c1-4-5-7(2)13-9-6-8(11)10(9)12-3/h7-10H,4-6H2,1-3H3. The summed E-state index contributed by atoms with van der Waals surface area (Å²) in [6.07, 6.45) is 4.32. The summed E-state index contributed by atoms with van der Waals surface area (Å²) >= 11 is 3.55. The Morgan fingerprint density at radius 2 is 2.23 bits per heavy atom. The molecule has 0 radical (unpaired) electrons. The van der Waals surface area contributed by atoms with Gasteiger partial charge in [-0.05, 0) is 19.8 Å². The second-order valence-corrected chi connectivity index (χ2v) is 4.90. The van der Waals surface area contributed by atoms with E-state index in [1.165, 1.54) is 6.42 Å². The second kappa shape index (κ2) is 5.32. The van der Waals surface area contributed by atoms with E-state index in [1.54, 1.807) is 7.11 Å². The van der Waals surface area contributed by atoms with Gasteiger partial charge in [0.15, 0.2) is 0 Å². The molecule has 2 nitrogen and oxygen atoms in total. The first-order valence-corrected chi connectivity index (χ1v) is 5.93. The fraction of sp³-hybridized carbons (Fsp3) is 1.00. The summed E-state index contributed by atoms with van der Waals surface area (Å²) < 4.78 is 11.2. The van der Waals surface area contributed by atoms with Crippen LogP contribution in [0.1, 0.15) is 33.1 Å². The van der Waals surface area contributed by atoms with E-state index < -0.39 is 0 Å². The van der Waals surface area contributed by atoms with Crippen molar-refractivity contribution in [2.45, 2.75) is 56.2 Å². The molecule has 1 aliphatic rings. The SMILES string of the molecule is CCCC(C)OC1CC(Br)C1OC. The van der Waals surface area contributed by atoms with Crippen molar-refractivity contribution in [3.05, 3.63) is 0 Å². The minimum Gasteiger partial charge on any atom is -0.378 e. The molecule has 0 saturated heterocycles. The molecule has 1 rings (SSSR count). The summed E-state index contributed by atoms with van der Waals surface area (Å²) in [6.45, 7) is 4.32. The smallest absolute Gasteiger partial charge is 0.0958 e. The van der Waals surface area contributed by atoms with Crippen LogP contribution in [-0.2, 0) is 9.47 Å². The molecule has 0 aromatic heterocycles. The van der Waals surface area contributed by atoms with Gasteiger partial charge in [0.2, 0.25) is 0 Å². The lowest BCUT2D eigenvalue weighted by atomic mass is 9.91. The van der Waals surface area contributed by atoms with Crippen LogP contribution in [0.15, 0.2) is 0 Å². The van der Waals surface area contributed by atoms with Gasteiger partial charge in [-0.25, -0.2) is 0 Å². The summed E-state index contributed by atoms with van der Waals surface area (Å²) in [6, 6.07) is 0. The van der Waals surface area contributed by atoms with Crippen LogP contribution in [-0.4, -0.2) is 30.2 Å². The van der Waals surface area contributed by atoms with Crippen molar-refractivity contribution < 1.29 is 9.47 Å². The highest BCUT2D eigenvalue weighted by molar-refractivity contribution is 9.09. The first kappa shape index (κ1) is 11.5. The fourth-order valence-electron chi connectivity index (χ4n) is 1.73. The molecule has 0 aliphatic heterocycles. The summed E-state index contributed by atoms with van der Waals surface area (Å²) in [4.78, 5) is 0.483. The monoisotopic (exact) mass is 250 g/mol. The van der Waals surface area contributed by atoms with Crippen molar-refractivity contribution in [1.82, 2.24) is 0 Å². The van der Waals surface area contributed by atoms with Gasteiger partial charge in [-0.15, -0.1) is 0 Å². The maximum atomic E-state index is 5.85. The molecule has 0 amide bonds. The van der Waals surface area contributed by atoms with E-state index in [0.717, 1.165) is 12.8 Å². The summed E-state index contributed by atoms with van der Waals surface area (Å²) in [5.41, 5.74) is 0. The van der Waals surface area contributed by atoms with E-state index in [-0.39, 0.29) is 6.10 Å². The lowest BCUT2D eigenvalue weighted by molar-refractivity contribution is -0.131. The van der Waals surface area contributed by atoms with Crippen LogP contribution in [0.4, 0.5) is 0 Å². The zero-order chi connectivity index (χ0) is 9.84. The van der Waals surface area contributed by atoms with Crippen LogP contribution in [0.2, 0.25) is 0 Å². The van der Waals surface area contributed by atoms with Gasteiger partial charge in [-0.1, -0.05) is 29.3 Å². The third kappa shape index (κ3) is 2.93. The second-order valence-electron chi connectivity index (χ2n) is 3.73. The van der Waals surface area contributed by atoms with Crippen molar-refractivity contribution in [1.29, 1.82) is 0 Å². The van der Waals surface area contributed by atoms with Crippen molar-refractivity contribution in [2.24, 2.45) is 0 Å². The minimum absolute atomic E-state index is 0.249. The number of hydrogen-bond acceptors (Lipinski definition) is 2. The number of rotatable bonds is 5. The van der Waals surface area contributed by atoms with Crippen molar-refractivity contribution >= 4 is 15.9 Å². The molecule has 1 fully saturated rings. The summed E-state index contributed by atoms with van der Waals surface area (Å²) in [7, 11) is 1.75. The molecule has 0 spiro atoms. The normalized spacial score (nSPS) is 35.5. The first-order chi connectivity index (χ1) is 6.19. The Balaban J connectivity index is 2.22. The van der Waals surface area contributed by atoms with Crippen molar-refractivity contribution in [2.75, 3.05) is 7.11 Å². The average molecular weight is 251 g/mol. The van der Waals surface area contributed by atoms with Crippen LogP contribution in [0, 0.1) is 0 Å². The highest BCUT2D eigenvalue weighted by Gasteiger charge is 2.41. The molecule has 0 heterocycles. The van der Waals surface area contributed by atoms with Gasteiger partial charge in [0.25, 0.3) is 0 Å². The van der Waals surface area contributed by atoms with Crippen molar-refractivity contribution in [3.8, 4) is 0 Å². The van der Waals surface area contributed by atoms with Crippen molar-refractivity contribution in [3.63, 3.8) is 0 Å². The Kier molecular flexibility index (Phi) is 4.70. The molecule has 13 heavy (non-hydrogen) atoms. The van der Waals surface area contributed by atoms with E-state index in [1.807, 2.05) is 0 Å².